The number of hydrogen-bond acceptors (Lipinski definition) is 3. The number of benzene rings is 1. The predicted molar refractivity (Wildman–Crippen MR) is 75.9 cm³/mol. The lowest BCUT2D eigenvalue weighted by molar-refractivity contribution is -0.121. The maximum Gasteiger partial charge on any atom is 0.141 e. The van der Waals surface area contributed by atoms with Crippen LogP contribution in [0.2, 0.25) is 0 Å². The van der Waals surface area contributed by atoms with Crippen LogP contribution in [0, 0.1) is 5.92 Å². The molecule has 1 saturated heterocycles. The summed E-state index contributed by atoms with van der Waals surface area (Å²) in [7, 11) is 0. The summed E-state index contributed by atoms with van der Waals surface area (Å²) < 4.78 is 0. The highest BCUT2D eigenvalue weighted by Crippen LogP contribution is 2.26. The Bertz CT molecular complexity index is 570. The summed E-state index contributed by atoms with van der Waals surface area (Å²) in [6.45, 7) is 0. The number of carbonyl (C=O) groups excluding carboxylic acids is 1. The van der Waals surface area contributed by atoms with Crippen molar-refractivity contribution in [2.75, 3.05) is 11.5 Å². The van der Waals surface area contributed by atoms with Gasteiger partial charge in [0.05, 0.1) is 5.52 Å². The second-order valence-electron chi connectivity index (χ2n) is 4.69. The fourth-order valence-electron chi connectivity index (χ4n) is 2.43. The fraction of sp³-hybridized carbons (Fsp3) is 0.333. The van der Waals surface area contributed by atoms with E-state index in [0.717, 1.165) is 34.4 Å². The molecule has 2 heterocycles. The van der Waals surface area contributed by atoms with Gasteiger partial charge in [0.15, 0.2) is 0 Å². The van der Waals surface area contributed by atoms with Crippen LogP contribution in [0.4, 0.5) is 0 Å². The SMILES string of the molecule is O=C(Cc1ccnc2ccccc12)C1CCSC1. The fourth-order valence-corrected chi connectivity index (χ4v) is 3.68. The summed E-state index contributed by atoms with van der Waals surface area (Å²) in [5.41, 5.74) is 2.09. The second-order valence-corrected chi connectivity index (χ2v) is 5.84. The van der Waals surface area contributed by atoms with E-state index in [1.165, 1.54) is 0 Å². The van der Waals surface area contributed by atoms with Crippen molar-refractivity contribution < 1.29 is 4.79 Å². The average Bonchev–Trinajstić information content (AvgIpc) is 2.93. The van der Waals surface area contributed by atoms with Gasteiger partial charge in [-0.05, 0) is 29.9 Å². The number of hydrogen-bond donors (Lipinski definition) is 0. The molecule has 3 heteroatoms. The first-order valence-corrected chi connectivity index (χ1v) is 7.43. The standard InChI is InChI=1S/C15H15NOS/c17-15(12-6-8-18-10-12)9-11-5-7-16-14-4-2-1-3-13(11)14/h1-5,7,12H,6,8-10H2. The van der Waals surface area contributed by atoms with Crippen LogP contribution in [0.15, 0.2) is 36.5 Å². The number of nitrogens with zero attached hydrogens (tertiary/aromatic N) is 1. The number of aromatic nitrogens is 1. The van der Waals surface area contributed by atoms with Crippen molar-refractivity contribution in [2.24, 2.45) is 5.92 Å². The van der Waals surface area contributed by atoms with E-state index in [1.807, 2.05) is 42.1 Å². The third-order valence-corrected chi connectivity index (χ3v) is 4.65. The highest BCUT2D eigenvalue weighted by molar-refractivity contribution is 7.99. The van der Waals surface area contributed by atoms with Crippen molar-refractivity contribution in [2.45, 2.75) is 12.8 Å². The zero-order valence-corrected chi connectivity index (χ0v) is 11.0. The Labute approximate surface area is 111 Å². The van der Waals surface area contributed by atoms with Gasteiger partial charge in [-0.3, -0.25) is 9.78 Å². The maximum atomic E-state index is 12.2. The van der Waals surface area contributed by atoms with Gasteiger partial charge >= 0.3 is 0 Å². The Morgan fingerprint density at radius 3 is 3.06 bits per heavy atom. The number of rotatable bonds is 3. The number of carbonyl (C=O) groups is 1. The highest BCUT2D eigenvalue weighted by atomic mass is 32.2. The lowest BCUT2D eigenvalue weighted by Crippen LogP contribution is -2.16. The summed E-state index contributed by atoms with van der Waals surface area (Å²) >= 11 is 1.89. The van der Waals surface area contributed by atoms with Gasteiger partial charge in [0.2, 0.25) is 0 Å². The Morgan fingerprint density at radius 1 is 1.33 bits per heavy atom. The Kier molecular flexibility index (Phi) is 3.33. The van der Waals surface area contributed by atoms with E-state index >= 15 is 0 Å². The van der Waals surface area contributed by atoms with E-state index < -0.39 is 0 Å². The highest BCUT2D eigenvalue weighted by Gasteiger charge is 2.23. The molecule has 18 heavy (non-hydrogen) atoms. The molecule has 1 aliphatic heterocycles. The van der Waals surface area contributed by atoms with Gasteiger partial charge in [-0.15, -0.1) is 0 Å². The van der Waals surface area contributed by atoms with E-state index in [-0.39, 0.29) is 5.92 Å². The van der Waals surface area contributed by atoms with Gasteiger partial charge in [0.25, 0.3) is 0 Å². The maximum absolute atomic E-state index is 12.2. The van der Waals surface area contributed by atoms with Gasteiger partial charge in [-0.1, -0.05) is 18.2 Å². The quantitative estimate of drug-likeness (QED) is 0.846. The molecule has 1 aliphatic rings. The minimum absolute atomic E-state index is 0.266. The number of ketones is 1. The number of Topliss-reactive ketones (excluding diaryl/α,β-unsaturated/α-hetero) is 1. The molecule has 92 valence electrons. The van der Waals surface area contributed by atoms with E-state index in [0.29, 0.717) is 12.2 Å². The van der Waals surface area contributed by atoms with Crippen molar-refractivity contribution in [3.8, 4) is 0 Å². The van der Waals surface area contributed by atoms with Crippen molar-refractivity contribution in [3.05, 3.63) is 42.1 Å². The molecule has 0 radical (unpaired) electrons. The number of thioether (sulfide) groups is 1. The summed E-state index contributed by atoms with van der Waals surface area (Å²) in [5, 5.41) is 1.11. The van der Waals surface area contributed by atoms with Gasteiger partial charge in [0, 0.05) is 29.7 Å². The van der Waals surface area contributed by atoms with Gasteiger partial charge in [-0.25, -0.2) is 0 Å². The third-order valence-electron chi connectivity index (χ3n) is 3.49. The Hall–Kier alpha value is -1.35. The van der Waals surface area contributed by atoms with Crippen LogP contribution in [0.3, 0.4) is 0 Å². The smallest absolute Gasteiger partial charge is 0.141 e. The average molecular weight is 257 g/mol. The summed E-state index contributed by atoms with van der Waals surface area (Å²) in [5.74, 6) is 2.79. The molecule has 0 spiro atoms. The minimum atomic E-state index is 0.266. The molecule has 0 saturated carbocycles. The zero-order valence-electron chi connectivity index (χ0n) is 10.1. The molecule has 1 atom stereocenters. The van der Waals surface area contributed by atoms with E-state index in [1.54, 1.807) is 6.20 Å². The first kappa shape index (κ1) is 11.7. The summed E-state index contributed by atoms with van der Waals surface area (Å²) in [6, 6.07) is 10.0. The summed E-state index contributed by atoms with van der Waals surface area (Å²) in [4.78, 5) is 16.6. The molecule has 3 rings (SSSR count). The molecule has 0 N–H and O–H groups in total. The Balaban J connectivity index is 1.88. The predicted octanol–water partition coefficient (Wildman–Crippen LogP) is 3.10. The lowest BCUT2D eigenvalue weighted by atomic mass is 9.96. The molecule has 2 nitrogen and oxygen atoms in total. The van der Waals surface area contributed by atoms with Crippen LogP contribution >= 0.6 is 11.8 Å². The number of fused-ring (bicyclic) bond motifs is 1. The normalized spacial score (nSPS) is 19.2. The molecule has 0 amide bonds. The first-order valence-electron chi connectivity index (χ1n) is 6.27. The first-order chi connectivity index (χ1) is 8.84. The van der Waals surface area contributed by atoms with E-state index in [2.05, 4.69) is 4.98 Å². The van der Waals surface area contributed by atoms with Crippen molar-refractivity contribution in [1.29, 1.82) is 0 Å². The minimum Gasteiger partial charge on any atom is -0.299 e. The van der Waals surface area contributed by atoms with Crippen molar-refractivity contribution in [1.82, 2.24) is 4.98 Å². The molecular formula is C15H15NOS. The molecule has 0 aliphatic carbocycles. The summed E-state index contributed by atoms with van der Waals surface area (Å²) in [6.07, 6.45) is 3.40. The van der Waals surface area contributed by atoms with Crippen molar-refractivity contribution in [3.63, 3.8) is 0 Å². The van der Waals surface area contributed by atoms with Gasteiger partial charge in [0.1, 0.15) is 5.78 Å². The van der Waals surface area contributed by atoms with E-state index in [9.17, 15) is 4.79 Å². The van der Waals surface area contributed by atoms with Gasteiger partial charge < -0.3 is 0 Å². The Morgan fingerprint density at radius 2 is 2.22 bits per heavy atom. The van der Waals surface area contributed by atoms with Crippen LogP contribution in [0.25, 0.3) is 10.9 Å². The van der Waals surface area contributed by atoms with Crippen LogP contribution in [-0.2, 0) is 11.2 Å². The van der Waals surface area contributed by atoms with Crippen molar-refractivity contribution >= 4 is 28.4 Å². The molecule has 1 aromatic heterocycles. The van der Waals surface area contributed by atoms with Gasteiger partial charge in [-0.2, -0.15) is 11.8 Å². The molecule has 2 aromatic rings. The zero-order chi connectivity index (χ0) is 12.4. The topological polar surface area (TPSA) is 30.0 Å². The number of pyridine rings is 1. The lowest BCUT2D eigenvalue weighted by Gasteiger charge is -2.09. The molecule has 1 unspecified atom stereocenters. The number of para-hydroxylation sites is 1. The van der Waals surface area contributed by atoms with Crippen LogP contribution in [-0.4, -0.2) is 22.3 Å². The third kappa shape index (κ3) is 2.27. The molecule has 0 bridgehead atoms. The van der Waals surface area contributed by atoms with Crippen LogP contribution in [0.5, 0.6) is 0 Å². The molecule has 1 aromatic carbocycles. The second kappa shape index (κ2) is 5.11. The van der Waals surface area contributed by atoms with Crippen LogP contribution < -0.4 is 0 Å². The van der Waals surface area contributed by atoms with E-state index in [4.69, 9.17) is 0 Å². The largest absolute Gasteiger partial charge is 0.299 e. The molecular weight excluding hydrogens is 242 g/mol. The molecule has 1 fully saturated rings. The van der Waals surface area contributed by atoms with Crippen LogP contribution in [0.1, 0.15) is 12.0 Å². The monoisotopic (exact) mass is 257 g/mol.